The third-order valence-electron chi connectivity index (χ3n) is 4.48. The molecule has 0 aliphatic rings. The van der Waals surface area contributed by atoms with E-state index in [1.54, 1.807) is 25.2 Å². The van der Waals surface area contributed by atoms with Crippen LogP contribution >= 0.6 is 0 Å². The highest BCUT2D eigenvalue weighted by Crippen LogP contribution is 2.28. The van der Waals surface area contributed by atoms with Crippen molar-refractivity contribution < 1.29 is 19.1 Å². The molecular formula is C22H28N2O4. The van der Waals surface area contributed by atoms with E-state index in [4.69, 9.17) is 9.47 Å². The Labute approximate surface area is 166 Å². The van der Waals surface area contributed by atoms with Crippen LogP contribution in [0.1, 0.15) is 34.8 Å². The highest BCUT2D eigenvalue weighted by atomic mass is 16.5. The molecule has 0 heterocycles. The summed E-state index contributed by atoms with van der Waals surface area (Å²) in [5, 5.41) is 2.87. The summed E-state index contributed by atoms with van der Waals surface area (Å²) in [7, 11) is 3.13. The fraction of sp³-hybridized carbons (Fsp3) is 0.364. The van der Waals surface area contributed by atoms with E-state index in [2.05, 4.69) is 5.32 Å². The van der Waals surface area contributed by atoms with E-state index >= 15 is 0 Å². The van der Waals surface area contributed by atoms with Crippen LogP contribution in [0.2, 0.25) is 0 Å². The van der Waals surface area contributed by atoms with Crippen molar-refractivity contribution in [1.82, 2.24) is 4.90 Å². The first kappa shape index (κ1) is 21.3. The molecule has 0 aliphatic heterocycles. The van der Waals surface area contributed by atoms with E-state index in [1.807, 2.05) is 39.0 Å². The molecule has 0 radical (unpaired) electrons. The number of ether oxygens (including phenoxy) is 2. The van der Waals surface area contributed by atoms with Gasteiger partial charge in [-0.1, -0.05) is 19.1 Å². The number of carbonyl (C=O) groups excluding carboxylic acids is 2. The zero-order valence-corrected chi connectivity index (χ0v) is 17.2. The van der Waals surface area contributed by atoms with Gasteiger partial charge in [0, 0.05) is 18.3 Å². The minimum Gasteiger partial charge on any atom is -0.493 e. The number of benzene rings is 2. The van der Waals surface area contributed by atoms with Gasteiger partial charge in [-0.25, -0.2) is 0 Å². The van der Waals surface area contributed by atoms with Crippen molar-refractivity contribution in [3.05, 3.63) is 53.1 Å². The summed E-state index contributed by atoms with van der Waals surface area (Å²) >= 11 is 0. The fourth-order valence-corrected chi connectivity index (χ4v) is 2.72. The molecule has 2 aromatic carbocycles. The largest absolute Gasteiger partial charge is 0.493 e. The topological polar surface area (TPSA) is 67.9 Å². The minimum absolute atomic E-state index is 0.0530. The Bertz CT molecular complexity index is 848. The molecule has 0 saturated carbocycles. The summed E-state index contributed by atoms with van der Waals surface area (Å²) in [5.74, 6) is 0.569. The lowest BCUT2D eigenvalue weighted by atomic mass is 10.1. The van der Waals surface area contributed by atoms with Crippen LogP contribution in [-0.2, 0) is 4.79 Å². The lowest BCUT2D eigenvalue weighted by molar-refractivity contribution is -0.116. The SMILES string of the molecule is CCCOc1ccc(C(=O)N(C)CC(=O)Nc2cccc(C)c2C)cc1OC. The summed E-state index contributed by atoms with van der Waals surface area (Å²) in [5.41, 5.74) is 3.30. The van der Waals surface area contributed by atoms with Gasteiger partial charge < -0.3 is 19.7 Å². The van der Waals surface area contributed by atoms with Gasteiger partial charge >= 0.3 is 0 Å². The zero-order chi connectivity index (χ0) is 20.7. The lowest BCUT2D eigenvalue weighted by Crippen LogP contribution is -2.35. The van der Waals surface area contributed by atoms with Crippen LogP contribution in [0.15, 0.2) is 36.4 Å². The summed E-state index contributed by atoms with van der Waals surface area (Å²) in [6, 6.07) is 10.7. The molecule has 0 aromatic heterocycles. The number of hydrogen-bond acceptors (Lipinski definition) is 4. The molecular weight excluding hydrogens is 356 g/mol. The van der Waals surface area contributed by atoms with Gasteiger partial charge in [0.15, 0.2) is 11.5 Å². The predicted molar refractivity (Wildman–Crippen MR) is 110 cm³/mol. The van der Waals surface area contributed by atoms with Gasteiger partial charge in [-0.05, 0) is 55.7 Å². The molecule has 6 heteroatoms. The Balaban J connectivity index is 2.05. The van der Waals surface area contributed by atoms with Crippen LogP contribution in [0, 0.1) is 13.8 Å². The molecule has 6 nitrogen and oxygen atoms in total. The molecule has 1 N–H and O–H groups in total. The van der Waals surface area contributed by atoms with Crippen LogP contribution in [0.4, 0.5) is 5.69 Å². The van der Waals surface area contributed by atoms with Crippen LogP contribution in [-0.4, -0.2) is 44.0 Å². The first-order valence-corrected chi connectivity index (χ1v) is 9.29. The molecule has 2 aromatic rings. The smallest absolute Gasteiger partial charge is 0.254 e. The molecule has 0 spiro atoms. The fourth-order valence-electron chi connectivity index (χ4n) is 2.72. The number of hydrogen-bond donors (Lipinski definition) is 1. The van der Waals surface area contributed by atoms with Gasteiger partial charge in [-0.3, -0.25) is 9.59 Å². The maximum atomic E-state index is 12.7. The van der Waals surface area contributed by atoms with Gasteiger partial charge in [0.2, 0.25) is 5.91 Å². The van der Waals surface area contributed by atoms with Gasteiger partial charge in [-0.2, -0.15) is 0 Å². The van der Waals surface area contributed by atoms with Gasteiger partial charge in [0.05, 0.1) is 20.3 Å². The average molecular weight is 384 g/mol. The number of likely N-dealkylation sites (N-methyl/N-ethyl adjacent to an activating group) is 1. The Kier molecular flexibility index (Phi) is 7.44. The summed E-state index contributed by atoms with van der Waals surface area (Å²) < 4.78 is 10.9. The van der Waals surface area contributed by atoms with Crippen molar-refractivity contribution in [2.75, 3.05) is 32.6 Å². The van der Waals surface area contributed by atoms with E-state index in [1.165, 1.54) is 12.0 Å². The highest BCUT2D eigenvalue weighted by molar-refractivity contribution is 5.99. The third-order valence-corrected chi connectivity index (χ3v) is 4.48. The number of anilines is 1. The van der Waals surface area contributed by atoms with Crippen molar-refractivity contribution in [2.45, 2.75) is 27.2 Å². The Morgan fingerprint density at radius 2 is 1.86 bits per heavy atom. The second-order valence-electron chi connectivity index (χ2n) is 6.67. The second kappa shape index (κ2) is 9.78. The van der Waals surface area contributed by atoms with E-state index in [0.29, 0.717) is 23.7 Å². The van der Waals surface area contributed by atoms with E-state index in [0.717, 1.165) is 23.2 Å². The van der Waals surface area contributed by atoms with Crippen molar-refractivity contribution in [2.24, 2.45) is 0 Å². The summed E-state index contributed by atoms with van der Waals surface area (Å²) in [6.07, 6.45) is 0.877. The number of methoxy groups -OCH3 is 1. The first-order valence-electron chi connectivity index (χ1n) is 9.29. The van der Waals surface area contributed by atoms with Gasteiger partial charge in [-0.15, -0.1) is 0 Å². The average Bonchev–Trinajstić information content (AvgIpc) is 2.69. The molecule has 0 saturated heterocycles. The van der Waals surface area contributed by atoms with E-state index in [-0.39, 0.29) is 18.4 Å². The number of aryl methyl sites for hydroxylation is 1. The number of carbonyl (C=O) groups is 2. The van der Waals surface area contributed by atoms with Crippen LogP contribution in [0.5, 0.6) is 11.5 Å². The number of rotatable bonds is 8. The molecule has 28 heavy (non-hydrogen) atoms. The normalized spacial score (nSPS) is 10.3. The first-order chi connectivity index (χ1) is 13.4. The number of nitrogens with zero attached hydrogens (tertiary/aromatic N) is 1. The zero-order valence-electron chi connectivity index (χ0n) is 17.2. The predicted octanol–water partition coefficient (Wildman–Crippen LogP) is 3.81. The highest BCUT2D eigenvalue weighted by Gasteiger charge is 2.18. The van der Waals surface area contributed by atoms with E-state index in [9.17, 15) is 9.59 Å². The van der Waals surface area contributed by atoms with Gasteiger partial charge in [0.25, 0.3) is 5.91 Å². The van der Waals surface area contributed by atoms with Crippen molar-refractivity contribution in [1.29, 1.82) is 0 Å². The molecule has 0 fully saturated rings. The van der Waals surface area contributed by atoms with Crippen LogP contribution in [0.3, 0.4) is 0 Å². The lowest BCUT2D eigenvalue weighted by Gasteiger charge is -2.19. The Morgan fingerprint density at radius 1 is 1.11 bits per heavy atom. The van der Waals surface area contributed by atoms with Gasteiger partial charge in [0.1, 0.15) is 0 Å². The van der Waals surface area contributed by atoms with Crippen molar-refractivity contribution >= 4 is 17.5 Å². The molecule has 0 unspecified atom stereocenters. The van der Waals surface area contributed by atoms with Crippen molar-refractivity contribution in [3.63, 3.8) is 0 Å². The van der Waals surface area contributed by atoms with E-state index < -0.39 is 0 Å². The van der Waals surface area contributed by atoms with Crippen LogP contribution < -0.4 is 14.8 Å². The minimum atomic E-state index is -0.267. The molecule has 0 aliphatic carbocycles. The monoisotopic (exact) mass is 384 g/mol. The Morgan fingerprint density at radius 3 is 2.54 bits per heavy atom. The maximum absolute atomic E-state index is 12.7. The quantitative estimate of drug-likeness (QED) is 0.751. The molecule has 0 atom stereocenters. The molecule has 2 rings (SSSR count). The molecule has 0 bridgehead atoms. The number of amides is 2. The maximum Gasteiger partial charge on any atom is 0.254 e. The molecule has 2 amide bonds. The standard InChI is InChI=1S/C22H28N2O4/c1-6-12-28-19-11-10-17(13-20(19)27-5)22(26)24(4)14-21(25)23-18-9-7-8-15(2)16(18)3/h7-11,13H,6,12,14H2,1-5H3,(H,23,25). The summed E-state index contributed by atoms with van der Waals surface area (Å²) in [4.78, 5) is 26.4. The summed E-state index contributed by atoms with van der Waals surface area (Å²) in [6.45, 7) is 6.48. The van der Waals surface area contributed by atoms with Crippen LogP contribution in [0.25, 0.3) is 0 Å². The number of nitrogens with one attached hydrogen (secondary N) is 1. The third kappa shape index (κ3) is 5.25. The second-order valence-corrected chi connectivity index (χ2v) is 6.67. The van der Waals surface area contributed by atoms with Crippen molar-refractivity contribution in [3.8, 4) is 11.5 Å². The molecule has 150 valence electrons. The Hall–Kier alpha value is -3.02.